The molecule has 4 aromatic rings. The highest BCUT2D eigenvalue weighted by Crippen LogP contribution is 2.28. The smallest absolute Gasteiger partial charge is 0.337 e. The predicted molar refractivity (Wildman–Crippen MR) is 159 cm³/mol. The zero-order valence-corrected chi connectivity index (χ0v) is 23.4. The second kappa shape index (κ2) is 14.2. The topological polar surface area (TPSA) is 68.8 Å². The molecule has 0 amide bonds. The van der Waals surface area contributed by atoms with Crippen LogP contribution in [0.5, 0.6) is 5.75 Å². The molecule has 0 aromatic heterocycles. The van der Waals surface area contributed by atoms with Gasteiger partial charge in [-0.05, 0) is 71.3 Å². The zero-order chi connectivity index (χ0) is 28.4. The zero-order valence-electron chi connectivity index (χ0n) is 23.4. The summed E-state index contributed by atoms with van der Waals surface area (Å²) in [6.45, 7) is 3.99. The summed E-state index contributed by atoms with van der Waals surface area (Å²) in [6, 6.07) is 27.4. The summed E-state index contributed by atoms with van der Waals surface area (Å²) < 4.78 is 30.0. The summed E-state index contributed by atoms with van der Waals surface area (Å²) in [6.07, 6.45) is 1.79. The van der Waals surface area contributed by atoms with Crippen LogP contribution in [-0.4, -0.2) is 45.4 Å². The van der Waals surface area contributed by atoms with Crippen molar-refractivity contribution in [3.8, 4) is 5.75 Å². The lowest BCUT2D eigenvalue weighted by Gasteiger charge is -2.33. The minimum absolute atomic E-state index is 0.236. The molecule has 7 heteroatoms. The fraction of sp³-hybridized carbons (Fsp3) is 0.324. The molecule has 0 radical (unpaired) electrons. The van der Waals surface area contributed by atoms with Gasteiger partial charge in [0, 0.05) is 37.0 Å². The van der Waals surface area contributed by atoms with Crippen LogP contribution in [0.2, 0.25) is 0 Å². The Bertz CT molecular complexity index is 1440. The van der Waals surface area contributed by atoms with Gasteiger partial charge in [0.15, 0.2) is 0 Å². The minimum atomic E-state index is -0.323. The van der Waals surface area contributed by atoms with Crippen LogP contribution in [0.4, 0.5) is 4.39 Å². The van der Waals surface area contributed by atoms with E-state index >= 15 is 0 Å². The van der Waals surface area contributed by atoms with Crippen LogP contribution >= 0.6 is 0 Å². The fourth-order valence-corrected chi connectivity index (χ4v) is 5.33. The van der Waals surface area contributed by atoms with Crippen molar-refractivity contribution in [2.24, 2.45) is 0 Å². The van der Waals surface area contributed by atoms with Gasteiger partial charge in [-0.1, -0.05) is 48.5 Å². The lowest BCUT2D eigenvalue weighted by molar-refractivity contribution is 0.0601. The van der Waals surface area contributed by atoms with Gasteiger partial charge < -0.3 is 24.8 Å². The van der Waals surface area contributed by atoms with Gasteiger partial charge in [0.1, 0.15) is 11.6 Å². The molecule has 1 fully saturated rings. The van der Waals surface area contributed by atoms with Crippen molar-refractivity contribution in [2.75, 3.05) is 33.4 Å². The van der Waals surface area contributed by atoms with E-state index in [1.54, 1.807) is 12.1 Å². The molecule has 1 saturated heterocycles. The normalized spacial score (nSPS) is 16.9. The molecule has 0 saturated carbocycles. The SMILES string of the molecule is COC(=O)c1ccc2cc(CNC3CNCCC3c3ccc(OCCCOCc4ccccc4F)cc3)ccc2c1. The second-order valence-corrected chi connectivity index (χ2v) is 10.4. The van der Waals surface area contributed by atoms with Gasteiger partial charge in [0.25, 0.3) is 0 Å². The molecule has 2 unspecified atom stereocenters. The third kappa shape index (κ3) is 7.70. The number of hydrogen-bond acceptors (Lipinski definition) is 6. The molecule has 1 aliphatic rings. The highest BCUT2D eigenvalue weighted by Gasteiger charge is 2.26. The van der Waals surface area contributed by atoms with E-state index in [4.69, 9.17) is 14.2 Å². The number of esters is 1. The fourth-order valence-electron chi connectivity index (χ4n) is 5.33. The number of carbonyl (C=O) groups excluding carboxylic acids is 1. The van der Waals surface area contributed by atoms with Crippen LogP contribution in [0.1, 0.15) is 45.8 Å². The second-order valence-electron chi connectivity index (χ2n) is 10.4. The summed E-state index contributed by atoms with van der Waals surface area (Å²) >= 11 is 0. The van der Waals surface area contributed by atoms with Crippen LogP contribution < -0.4 is 15.4 Å². The molecular weight excluding hydrogens is 519 g/mol. The molecular formula is C34H37FN2O4. The van der Waals surface area contributed by atoms with Crippen molar-refractivity contribution in [1.29, 1.82) is 0 Å². The first kappa shape index (κ1) is 28.7. The monoisotopic (exact) mass is 556 g/mol. The molecule has 5 rings (SSSR count). The minimum Gasteiger partial charge on any atom is -0.494 e. The van der Waals surface area contributed by atoms with Gasteiger partial charge in [-0.3, -0.25) is 0 Å². The average molecular weight is 557 g/mol. The van der Waals surface area contributed by atoms with Crippen LogP contribution in [0.25, 0.3) is 10.8 Å². The number of carbonyl (C=O) groups is 1. The van der Waals surface area contributed by atoms with Gasteiger partial charge in [0.05, 0.1) is 32.5 Å². The van der Waals surface area contributed by atoms with Gasteiger partial charge in [-0.25, -0.2) is 9.18 Å². The Morgan fingerprint density at radius 2 is 1.78 bits per heavy atom. The summed E-state index contributed by atoms with van der Waals surface area (Å²) in [7, 11) is 1.40. The standard InChI is InChI=1S/C34H37FN2O4/c1-39-34(38)28-10-9-26-19-24(7-8-27(26)20-28)21-37-33-22-36-16-15-31(33)25-11-13-30(14-12-25)41-18-4-17-40-23-29-5-2-3-6-32(29)35/h2-3,5-14,19-20,31,33,36-37H,4,15-18,21-23H2,1H3. The number of benzene rings is 4. The van der Waals surface area contributed by atoms with E-state index < -0.39 is 0 Å². The van der Waals surface area contributed by atoms with Crippen molar-refractivity contribution < 1.29 is 23.4 Å². The Labute approximate surface area is 240 Å². The lowest BCUT2D eigenvalue weighted by atomic mass is 9.86. The number of halogens is 1. The van der Waals surface area contributed by atoms with Gasteiger partial charge in [-0.15, -0.1) is 0 Å². The van der Waals surface area contributed by atoms with E-state index in [0.717, 1.165) is 49.0 Å². The molecule has 6 nitrogen and oxygen atoms in total. The molecule has 0 aliphatic carbocycles. The van der Waals surface area contributed by atoms with E-state index in [0.29, 0.717) is 36.3 Å². The molecule has 2 atom stereocenters. The highest BCUT2D eigenvalue weighted by molar-refractivity contribution is 5.95. The van der Waals surface area contributed by atoms with Gasteiger partial charge in [-0.2, -0.15) is 0 Å². The summed E-state index contributed by atoms with van der Waals surface area (Å²) in [5, 5.41) is 9.42. The van der Waals surface area contributed by atoms with Crippen molar-refractivity contribution in [1.82, 2.24) is 10.6 Å². The number of hydrogen-bond donors (Lipinski definition) is 2. The van der Waals surface area contributed by atoms with Crippen LogP contribution in [0.15, 0.2) is 84.9 Å². The molecule has 0 spiro atoms. The molecule has 1 heterocycles. The first-order valence-corrected chi connectivity index (χ1v) is 14.2. The lowest BCUT2D eigenvalue weighted by Crippen LogP contribution is -2.47. The van der Waals surface area contributed by atoms with E-state index in [1.807, 2.05) is 36.4 Å². The molecule has 41 heavy (non-hydrogen) atoms. The molecule has 2 N–H and O–H groups in total. The molecule has 4 aromatic carbocycles. The van der Waals surface area contributed by atoms with E-state index in [9.17, 15) is 9.18 Å². The van der Waals surface area contributed by atoms with Crippen LogP contribution in [0, 0.1) is 5.82 Å². The molecule has 214 valence electrons. The number of nitrogens with one attached hydrogen (secondary N) is 2. The third-order valence-electron chi connectivity index (χ3n) is 7.60. The summed E-state index contributed by atoms with van der Waals surface area (Å²) in [5.74, 6) is 0.685. The predicted octanol–water partition coefficient (Wildman–Crippen LogP) is 5.99. The summed E-state index contributed by atoms with van der Waals surface area (Å²) in [5.41, 5.74) is 3.64. The number of ether oxygens (including phenoxy) is 3. The van der Waals surface area contributed by atoms with Crippen molar-refractivity contribution >= 4 is 16.7 Å². The summed E-state index contributed by atoms with van der Waals surface area (Å²) in [4.78, 5) is 11.8. The Morgan fingerprint density at radius 1 is 0.976 bits per heavy atom. The van der Waals surface area contributed by atoms with Crippen LogP contribution in [0.3, 0.4) is 0 Å². The first-order chi connectivity index (χ1) is 20.1. The Morgan fingerprint density at radius 3 is 2.61 bits per heavy atom. The largest absolute Gasteiger partial charge is 0.494 e. The molecule has 1 aliphatic heterocycles. The maximum atomic E-state index is 13.7. The Kier molecular flexibility index (Phi) is 9.96. The van der Waals surface area contributed by atoms with E-state index in [-0.39, 0.29) is 18.4 Å². The maximum absolute atomic E-state index is 13.7. The number of methoxy groups -OCH3 is 1. The first-order valence-electron chi connectivity index (χ1n) is 14.2. The van der Waals surface area contributed by atoms with Gasteiger partial charge in [0.2, 0.25) is 0 Å². The van der Waals surface area contributed by atoms with E-state index in [2.05, 4.69) is 41.0 Å². The quantitative estimate of drug-likeness (QED) is 0.165. The van der Waals surface area contributed by atoms with E-state index in [1.165, 1.54) is 24.3 Å². The average Bonchev–Trinajstić information content (AvgIpc) is 3.02. The number of fused-ring (bicyclic) bond motifs is 1. The number of rotatable bonds is 12. The highest BCUT2D eigenvalue weighted by atomic mass is 19.1. The Hall–Kier alpha value is -3.78. The number of piperidine rings is 1. The van der Waals surface area contributed by atoms with Crippen LogP contribution in [-0.2, 0) is 22.6 Å². The Balaban J connectivity index is 1.10. The van der Waals surface area contributed by atoms with Crippen molar-refractivity contribution in [3.63, 3.8) is 0 Å². The van der Waals surface area contributed by atoms with Crippen molar-refractivity contribution in [2.45, 2.75) is 38.0 Å². The molecule has 0 bridgehead atoms. The third-order valence-corrected chi connectivity index (χ3v) is 7.60. The van der Waals surface area contributed by atoms with Crippen molar-refractivity contribution in [3.05, 3.63) is 113 Å². The van der Waals surface area contributed by atoms with Gasteiger partial charge >= 0.3 is 5.97 Å². The maximum Gasteiger partial charge on any atom is 0.337 e.